The van der Waals surface area contributed by atoms with Crippen molar-refractivity contribution in [2.24, 2.45) is 0 Å². The minimum atomic E-state index is -4.48. The van der Waals surface area contributed by atoms with Gasteiger partial charge in [-0.2, -0.15) is 13.2 Å². The zero-order chi connectivity index (χ0) is 36.0. The van der Waals surface area contributed by atoms with Crippen molar-refractivity contribution in [1.29, 1.82) is 0 Å². The number of halogens is 4. The predicted octanol–water partition coefficient (Wildman–Crippen LogP) is 4.72. The van der Waals surface area contributed by atoms with Crippen molar-refractivity contribution in [3.8, 4) is 0 Å². The van der Waals surface area contributed by atoms with Crippen molar-refractivity contribution in [2.45, 2.75) is 6.18 Å². The minimum absolute atomic E-state index is 0.00542. The molecule has 0 unspecified atom stereocenters. The summed E-state index contributed by atoms with van der Waals surface area (Å²) in [6.07, 6.45) is -4.48. The molecule has 2 rings (SSSR count). The van der Waals surface area contributed by atoms with E-state index < -0.39 is 24.4 Å². The molecule has 0 amide bonds. The van der Waals surface area contributed by atoms with Crippen LogP contribution in [-0.4, -0.2) is 138 Å². The van der Waals surface area contributed by atoms with E-state index in [1.807, 2.05) is 0 Å². The molecule has 50 heavy (non-hydrogen) atoms. The maximum absolute atomic E-state index is 13.0. The zero-order valence-electron chi connectivity index (χ0n) is 28.3. The van der Waals surface area contributed by atoms with Gasteiger partial charge in [0.15, 0.2) is 0 Å². The van der Waals surface area contributed by atoms with Crippen LogP contribution in [0.2, 0.25) is 0 Å². The molecule has 0 atom stereocenters. The van der Waals surface area contributed by atoms with Crippen molar-refractivity contribution in [3.63, 3.8) is 0 Å². The van der Waals surface area contributed by atoms with Crippen LogP contribution >= 0.6 is 0 Å². The molecular weight excluding hydrogens is 674 g/mol. The highest BCUT2D eigenvalue weighted by Gasteiger charge is 2.30. The van der Waals surface area contributed by atoms with Crippen LogP contribution in [0.3, 0.4) is 0 Å². The first-order valence-electron chi connectivity index (χ1n) is 16.4. The molecule has 284 valence electrons. The lowest BCUT2D eigenvalue weighted by atomic mass is 10.1. The largest absolute Gasteiger partial charge is 0.460 e. The van der Waals surface area contributed by atoms with Crippen molar-refractivity contribution in [3.05, 3.63) is 59.7 Å². The van der Waals surface area contributed by atoms with Crippen LogP contribution in [0.1, 0.15) is 15.9 Å². The van der Waals surface area contributed by atoms with Gasteiger partial charge in [-0.25, -0.2) is 9.18 Å². The fraction of sp³-hybridized carbons (Fsp3) is 0.618. The smallest absolute Gasteiger partial charge is 0.416 e. The summed E-state index contributed by atoms with van der Waals surface area (Å²) in [6.45, 7) is 6.41. The number of carbonyl (C=O) groups excluding carboxylic acids is 1. The Bertz CT molecular complexity index is 1130. The Labute approximate surface area is 290 Å². The Morgan fingerprint density at radius 2 is 0.920 bits per heavy atom. The molecule has 0 aromatic heterocycles. The number of hydrogen-bond donors (Lipinski definition) is 1. The Morgan fingerprint density at radius 3 is 1.34 bits per heavy atom. The molecule has 2 aromatic rings. The molecule has 0 spiro atoms. The number of rotatable bonds is 32. The van der Waals surface area contributed by atoms with Gasteiger partial charge in [-0.05, 0) is 30.3 Å². The molecule has 16 heteroatoms. The van der Waals surface area contributed by atoms with Gasteiger partial charge in [-0.15, -0.1) is 0 Å². The van der Waals surface area contributed by atoms with Gasteiger partial charge in [-0.1, -0.05) is 18.2 Å². The molecule has 2 aromatic carbocycles. The van der Waals surface area contributed by atoms with E-state index in [0.717, 1.165) is 12.1 Å². The van der Waals surface area contributed by atoms with Crippen LogP contribution in [0.25, 0.3) is 0 Å². The van der Waals surface area contributed by atoms with Crippen molar-refractivity contribution < 1.29 is 69.7 Å². The first-order valence-corrected chi connectivity index (χ1v) is 16.4. The van der Waals surface area contributed by atoms with Crippen molar-refractivity contribution >= 4 is 17.3 Å². The van der Waals surface area contributed by atoms with E-state index in [4.69, 9.17) is 47.4 Å². The summed E-state index contributed by atoms with van der Waals surface area (Å²) in [5.74, 6) is -0.632. The van der Waals surface area contributed by atoms with Gasteiger partial charge >= 0.3 is 12.1 Å². The first-order chi connectivity index (χ1) is 24.4. The standard InChI is InChI=1S/C34H49F4NO11/c35-8-9-41-10-11-42-12-13-43-14-15-44-16-17-45-18-19-46-20-21-47-22-23-48-24-25-49-26-27-50-33(40)31-6-1-2-7-32(31)39-30-5-3-4-29(28-30)34(36,37)38/h1-7,28,39H,8-27H2. The second kappa shape index (κ2) is 28.7. The van der Waals surface area contributed by atoms with Gasteiger partial charge in [0.05, 0.1) is 136 Å². The number of carbonyl (C=O) groups is 1. The number of esters is 1. The molecule has 0 heterocycles. The lowest BCUT2D eigenvalue weighted by molar-refractivity contribution is -0.137. The second-order valence-corrected chi connectivity index (χ2v) is 10.1. The van der Waals surface area contributed by atoms with Gasteiger partial charge in [0.2, 0.25) is 0 Å². The second-order valence-electron chi connectivity index (χ2n) is 10.1. The molecule has 0 radical (unpaired) electrons. The van der Waals surface area contributed by atoms with Gasteiger partial charge in [0.25, 0.3) is 0 Å². The summed E-state index contributed by atoms with van der Waals surface area (Å²) in [6, 6.07) is 11.1. The number of nitrogens with one attached hydrogen (secondary N) is 1. The molecule has 0 aliphatic heterocycles. The number of hydrogen-bond acceptors (Lipinski definition) is 12. The summed E-state index contributed by atoms with van der Waals surface area (Å²) in [7, 11) is 0. The average Bonchev–Trinajstić information content (AvgIpc) is 3.11. The number of ether oxygens (including phenoxy) is 10. The molecule has 0 aliphatic rings. The van der Waals surface area contributed by atoms with Crippen LogP contribution in [-0.2, 0) is 53.5 Å². The fourth-order valence-corrected chi connectivity index (χ4v) is 3.89. The third-order valence-corrected chi connectivity index (χ3v) is 6.27. The quantitative estimate of drug-likeness (QED) is 0.0639. The highest BCUT2D eigenvalue weighted by Crippen LogP contribution is 2.32. The molecular formula is C34H49F4NO11. The Kier molecular flexibility index (Phi) is 24.8. The topological polar surface area (TPSA) is 121 Å². The number of anilines is 2. The van der Waals surface area contributed by atoms with Gasteiger partial charge in [0, 0.05) is 5.69 Å². The molecule has 0 saturated heterocycles. The normalized spacial score (nSPS) is 11.6. The van der Waals surface area contributed by atoms with E-state index in [1.165, 1.54) is 18.2 Å². The maximum atomic E-state index is 13.0. The van der Waals surface area contributed by atoms with E-state index in [1.54, 1.807) is 18.2 Å². The van der Waals surface area contributed by atoms with Crippen molar-refractivity contribution in [1.82, 2.24) is 0 Å². The monoisotopic (exact) mass is 723 g/mol. The number of para-hydroxylation sites is 1. The van der Waals surface area contributed by atoms with Crippen LogP contribution in [0.4, 0.5) is 28.9 Å². The maximum Gasteiger partial charge on any atom is 0.416 e. The van der Waals surface area contributed by atoms with E-state index in [9.17, 15) is 22.4 Å². The minimum Gasteiger partial charge on any atom is -0.460 e. The third kappa shape index (κ3) is 22.0. The van der Waals surface area contributed by atoms with E-state index in [-0.39, 0.29) is 31.1 Å². The summed E-state index contributed by atoms with van der Waals surface area (Å²) in [4.78, 5) is 12.6. The third-order valence-electron chi connectivity index (χ3n) is 6.27. The molecule has 0 bridgehead atoms. The van der Waals surface area contributed by atoms with Crippen LogP contribution in [0, 0.1) is 0 Å². The van der Waals surface area contributed by atoms with Crippen LogP contribution in [0.15, 0.2) is 48.5 Å². The fourth-order valence-electron chi connectivity index (χ4n) is 3.89. The summed E-state index contributed by atoms with van der Waals surface area (Å²) < 4.78 is 104. The number of benzene rings is 2. The summed E-state index contributed by atoms with van der Waals surface area (Å²) in [5.41, 5.74) is -0.103. The molecule has 1 N–H and O–H groups in total. The van der Waals surface area contributed by atoms with Gasteiger partial charge in [0.1, 0.15) is 13.3 Å². The SMILES string of the molecule is O=C(OCCOCCOCCOCCOCCOCCOCCOCCOCCOCCF)c1ccccc1Nc1cccc(C(F)(F)F)c1. The van der Waals surface area contributed by atoms with Gasteiger partial charge < -0.3 is 52.7 Å². The highest BCUT2D eigenvalue weighted by atomic mass is 19.4. The predicted molar refractivity (Wildman–Crippen MR) is 175 cm³/mol. The molecule has 0 saturated carbocycles. The Hall–Kier alpha value is -2.93. The van der Waals surface area contributed by atoms with Crippen LogP contribution in [0.5, 0.6) is 0 Å². The molecule has 0 fully saturated rings. The van der Waals surface area contributed by atoms with E-state index in [0.29, 0.717) is 111 Å². The Morgan fingerprint density at radius 1 is 0.520 bits per heavy atom. The average molecular weight is 724 g/mol. The van der Waals surface area contributed by atoms with E-state index in [2.05, 4.69) is 5.32 Å². The zero-order valence-corrected chi connectivity index (χ0v) is 28.3. The Balaban J connectivity index is 1.33. The van der Waals surface area contributed by atoms with Gasteiger partial charge in [-0.3, -0.25) is 0 Å². The number of alkyl halides is 4. The highest BCUT2D eigenvalue weighted by molar-refractivity contribution is 5.96. The van der Waals surface area contributed by atoms with Crippen LogP contribution < -0.4 is 5.32 Å². The molecule has 12 nitrogen and oxygen atoms in total. The molecule has 0 aliphatic carbocycles. The lowest BCUT2D eigenvalue weighted by Crippen LogP contribution is -2.16. The van der Waals surface area contributed by atoms with Crippen molar-refractivity contribution in [2.75, 3.05) is 138 Å². The first kappa shape index (κ1) is 43.2. The summed E-state index contributed by atoms with van der Waals surface area (Å²) >= 11 is 0. The summed E-state index contributed by atoms with van der Waals surface area (Å²) in [5, 5.41) is 2.85. The van der Waals surface area contributed by atoms with E-state index >= 15 is 0 Å². The lowest BCUT2D eigenvalue weighted by Gasteiger charge is -2.13.